The second-order valence-corrected chi connectivity index (χ2v) is 4.65. The first-order valence-corrected chi connectivity index (χ1v) is 6.57. The molecule has 0 aliphatic heterocycles. The average Bonchev–Trinajstić information content (AvgIpc) is 3.17. The van der Waals surface area contributed by atoms with Crippen molar-refractivity contribution in [3.8, 4) is 11.3 Å². The number of H-pyrrole nitrogens is 1. The number of hydrogen-bond acceptors (Lipinski definition) is 6. The van der Waals surface area contributed by atoms with Crippen LogP contribution >= 0.6 is 0 Å². The van der Waals surface area contributed by atoms with Crippen LogP contribution in [-0.4, -0.2) is 25.7 Å². The molecule has 0 bridgehead atoms. The normalized spacial score (nSPS) is 12.3. The van der Waals surface area contributed by atoms with E-state index >= 15 is 0 Å². The van der Waals surface area contributed by atoms with Crippen LogP contribution in [0.1, 0.15) is 24.4 Å². The topological polar surface area (TPSA) is 99.9 Å². The van der Waals surface area contributed by atoms with E-state index in [0.29, 0.717) is 12.5 Å². The Bertz CT molecular complexity index is 688. The van der Waals surface area contributed by atoms with Gasteiger partial charge in [0.25, 0.3) is 5.95 Å². The molecule has 0 amide bonds. The summed E-state index contributed by atoms with van der Waals surface area (Å²) in [5.41, 5.74) is 1.84. The van der Waals surface area contributed by atoms with E-state index in [0.717, 1.165) is 22.6 Å². The Kier molecular flexibility index (Phi) is 3.65. The number of aromatic nitrogens is 4. The van der Waals surface area contributed by atoms with Gasteiger partial charge in [0.1, 0.15) is 11.5 Å². The molecule has 0 saturated carbocycles. The van der Waals surface area contributed by atoms with Crippen molar-refractivity contribution in [1.82, 2.24) is 20.6 Å². The van der Waals surface area contributed by atoms with Gasteiger partial charge in [-0.3, -0.25) is 0 Å². The van der Waals surface area contributed by atoms with Gasteiger partial charge in [-0.05, 0) is 29.8 Å². The summed E-state index contributed by atoms with van der Waals surface area (Å²) in [7, 11) is 0. The van der Waals surface area contributed by atoms with Gasteiger partial charge in [-0.1, -0.05) is 29.4 Å². The zero-order valence-corrected chi connectivity index (χ0v) is 11.4. The third kappa shape index (κ3) is 3.09. The summed E-state index contributed by atoms with van der Waals surface area (Å²) in [6.07, 6.45) is -0.467. The maximum absolute atomic E-state index is 9.50. The zero-order chi connectivity index (χ0) is 14.7. The van der Waals surface area contributed by atoms with Crippen LogP contribution in [0.2, 0.25) is 0 Å². The number of nitrogens with one attached hydrogen (secondary N) is 2. The lowest BCUT2D eigenvalue weighted by molar-refractivity contribution is 0.199. The smallest absolute Gasteiger partial charge is 0.263 e. The monoisotopic (exact) mass is 285 g/mol. The second-order valence-electron chi connectivity index (χ2n) is 4.65. The molecule has 0 radical (unpaired) electrons. The average molecular weight is 285 g/mol. The van der Waals surface area contributed by atoms with Gasteiger partial charge in [-0.25, -0.2) is 0 Å². The highest BCUT2D eigenvalue weighted by molar-refractivity contribution is 5.58. The molecule has 2 heterocycles. The van der Waals surface area contributed by atoms with Gasteiger partial charge in [0, 0.05) is 5.56 Å². The van der Waals surface area contributed by atoms with Crippen molar-refractivity contribution in [3.63, 3.8) is 0 Å². The maximum atomic E-state index is 9.50. The van der Waals surface area contributed by atoms with E-state index in [-0.39, 0.29) is 0 Å². The molecule has 0 aliphatic rings. The van der Waals surface area contributed by atoms with E-state index in [1.165, 1.54) is 0 Å². The molecule has 7 nitrogen and oxygen atoms in total. The number of tetrazole rings is 1. The minimum Gasteiger partial charge on any atom is -0.459 e. The van der Waals surface area contributed by atoms with E-state index in [9.17, 15) is 5.11 Å². The standard InChI is InChI=1S/C14H15N5O2/c1-9(20)10-2-4-11(5-3-10)13-7-6-12(21-13)8-15-14-16-18-19-17-14/h2-7,9,20H,8H2,1H3,(H2,15,16,17,18,19)/t9-/m1/s1. The number of aliphatic hydroxyl groups is 1. The molecule has 0 unspecified atom stereocenters. The first kappa shape index (κ1) is 13.3. The van der Waals surface area contributed by atoms with Crippen molar-refractivity contribution in [2.75, 3.05) is 5.32 Å². The van der Waals surface area contributed by atoms with Gasteiger partial charge in [-0.15, -0.1) is 5.10 Å². The SMILES string of the molecule is C[C@@H](O)c1ccc(-c2ccc(CNc3nn[nH]n3)o2)cc1. The Morgan fingerprint density at radius 2 is 2.05 bits per heavy atom. The summed E-state index contributed by atoms with van der Waals surface area (Å²) in [6.45, 7) is 2.22. The van der Waals surface area contributed by atoms with Gasteiger partial charge in [0.15, 0.2) is 0 Å². The van der Waals surface area contributed by atoms with Crippen molar-refractivity contribution < 1.29 is 9.52 Å². The fraction of sp³-hybridized carbons (Fsp3) is 0.214. The third-order valence-electron chi connectivity index (χ3n) is 3.11. The summed E-state index contributed by atoms with van der Waals surface area (Å²) in [4.78, 5) is 0. The Labute approximate surface area is 121 Å². The molecule has 0 spiro atoms. The summed E-state index contributed by atoms with van der Waals surface area (Å²) in [5.74, 6) is 1.97. The second kappa shape index (κ2) is 5.76. The molecular weight excluding hydrogens is 270 g/mol. The Hall–Kier alpha value is -2.67. The van der Waals surface area contributed by atoms with E-state index in [4.69, 9.17) is 4.42 Å². The molecule has 3 aromatic rings. The molecule has 1 aromatic carbocycles. The number of nitrogens with zero attached hydrogens (tertiary/aromatic N) is 3. The highest BCUT2D eigenvalue weighted by Gasteiger charge is 2.07. The largest absolute Gasteiger partial charge is 0.459 e. The van der Waals surface area contributed by atoms with Gasteiger partial charge < -0.3 is 14.8 Å². The summed E-state index contributed by atoms with van der Waals surface area (Å²) < 4.78 is 5.76. The fourth-order valence-electron chi connectivity index (χ4n) is 1.96. The number of aliphatic hydroxyl groups excluding tert-OH is 1. The molecule has 0 saturated heterocycles. The first-order chi connectivity index (χ1) is 10.2. The van der Waals surface area contributed by atoms with Gasteiger partial charge in [-0.2, -0.15) is 5.21 Å². The summed E-state index contributed by atoms with van der Waals surface area (Å²) in [6, 6.07) is 11.4. The van der Waals surface area contributed by atoms with E-state index in [1.54, 1.807) is 6.92 Å². The van der Waals surface area contributed by atoms with Crippen LogP contribution < -0.4 is 5.32 Å². The van der Waals surface area contributed by atoms with Crippen LogP contribution in [0.15, 0.2) is 40.8 Å². The van der Waals surface area contributed by atoms with Crippen molar-refractivity contribution in [2.45, 2.75) is 19.6 Å². The van der Waals surface area contributed by atoms with Gasteiger partial charge >= 0.3 is 0 Å². The quantitative estimate of drug-likeness (QED) is 0.664. The van der Waals surface area contributed by atoms with E-state index in [2.05, 4.69) is 25.9 Å². The lowest BCUT2D eigenvalue weighted by atomic mass is 10.1. The number of anilines is 1. The van der Waals surface area contributed by atoms with E-state index < -0.39 is 6.10 Å². The van der Waals surface area contributed by atoms with Crippen LogP contribution in [0, 0.1) is 0 Å². The highest BCUT2D eigenvalue weighted by atomic mass is 16.3. The predicted molar refractivity (Wildman–Crippen MR) is 76.3 cm³/mol. The highest BCUT2D eigenvalue weighted by Crippen LogP contribution is 2.24. The molecule has 108 valence electrons. The van der Waals surface area contributed by atoms with Crippen molar-refractivity contribution in [1.29, 1.82) is 0 Å². The molecule has 2 aromatic heterocycles. The number of hydrogen-bond donors (Lipinski definition) is 3. The van der Waals surface area contributed by atoms with E-state index in [1.807, 2.05) is 36.4 Å². The summed E-state index contributed by atoms with van der Waals surface area (Å²) in [5, 5.41) is 25.9. The van der Waals surface area contributed by atoms with Gasteiger partial charge in [0.2, 0.25) is 0 Å². The predicted octanol–water partition coefficient (Wildman–Crippen LogP) is 2.13. The molecule has 1 atom stereocenters. The molecular formula is C14H15N5O2. The molecule has 0 fully saturated rings. The molecule has 3 rings (SSSR count). The number of aromatic amines is 1. The Morgan fingerprint density at radius 3 is 2.71 bits per heavy atom. The van der Waals surface area contributed by atoms with Crippen molar-refractivity contribution in [3.05, 3.63) is 47.7 Å². The minimum absolute atomic E-state index is 0.425. The van der Waals surface area contributed by atoms with Crippen LogP contribution in [0.4, 0.5) is 5.95 Å². The van der Waals surface area contributed by atoms with Crippen molar-refractivity contribution in [2.24, 2.45) is 0 Å². The minimum atomic E-state index is -0.467. The lowest BCUT2D eigenvalue weighted by Gasteiger charge is -2.04. The van der Waals surface area contributed by atoms with Crippen LogP contribution in [0.3, 0.4) is 0 Å². The molecule has 21 heavy (non-hydrogen) atoms. The summed E-state index contributed by atoms with van der Waals surface area (Å²) >= 11 is 0. The molecule has 3 N–H and O–H groups in total. The van der Waals surface area contributed by atoms with Crippen LogP contribution in [-0.2, 0) is 6.54 Å². The Balaban J connectivity index is 1.69. The number of benzene rings is 1. The third-order valence-corrected chi connectivity index (χ3v) is 3.11. The number of furan rings is 1. The lowest BCUT2D eigenvalue weighted by Crippen LogP contribution is -1.99. The molecule has 0 aliphatic carbocycles. The van der Waals surface area contributed by atoms with Crippen LogP contribution in [0.25, 0.3) is 11.3 Å². The number of rotatable bonds is 5. The van der Waals surface area contributed by atoms with Gasteiger partial charge in [0.05, 0.1) is 12.6 Å². The fourth-order valence-corrected chi connectivity index (χ4v) is 1.96. The first-order valence-electron chi connectivity index (χ1n) is 6.57. The van der Waals surface area contributed by atoms with Crippen molar-refractivity contribution >= 4 is 5.95 Å². The molecule has 7 heteroatoms. The Morgan fingerprint density at radius 1 is 1.24 bits per heavy atom. The zero-order valence-electron chi connectivity index (χ0n) is 11.4. The maximum Gasteiger partial charge on any atom is 0.263 e. The van der Waals surface area contributed by atoms with Crippen LogP contribution in [0.5, 0.6) is 0 Å².